The number of halogens is 2. The van der Waals surface area contributed by atoms with Crippen LogP contribution in [0.15, 0.2) is 91.0 Å². The molecule has 0 radical (unpaired) electrons. The van der Waals surface area contributed by atoms with E-state index in [1.54, 1.807) is 87.5 Å². The number of nitrogens with zero attached hydrogens (tertiary/aromatic N) is 1. The van der Waals surface area contributed by atoms with Gasteiger partial charge < -0.3 is 30.1 Å². The second kappa shape index (κ2) is 16.0. The number of benzene rings is 4. The van der Waals surface area contributed by atoms with Gasteiger partial charge in [-0.05, 0) is 74.4 Å². The molecule has 0 aliphatic heterocycles. The summed E-state index contributed by atoms with van der Waals surface area (Å²) in [5.41, 5.74) is 1.57. The van der Waals surface area contributed by atoms with Gasteiger partial charge in [-0.3, -0.25) is 9.59 Å². The Hall–Kier alpha value is -5.09. The smallest absolute Gasteiger partial charge is 0.407 e. The van der Waals surface area contributed by atoms with Crippen LogP contribution in [0.2, 0.25) is 5.02 Å². The minimum atomic E-state index is -0.632. The molecule has 4 rings (SSSR count). The number of rotatable bonds is 12. The SMILES string of the molecule is CC(C)(C)OC(=O)NCc1cccc(Oc2cc(Cl)ccc2N(Cc2ccc(O)cc2)C(=O)CCC(=O)NCc2ccccc2F)c1. The zero-order valence-electron chi connectivity index (χ0n) is 26.4. The zero-order chi connectivity index (χ0) is 34.0. The van der Waals surface area contributed by atoms with Crippen LogP contribution in [0.3, 0.4) is 0 Å². The molecule has 11 heteroatoms. The highest BCUT2D eigenvalue weighted by atomic mass is 35.5. The first-order chi connectivity index (χ1) is 22.4. The molecule has 4 aromatic rings. The summed E-state index contributed by atoms with van der Waals surface area (Å²) in [5, 5.41) is 15.5. The van der Waals surface area contributed by atoms with Crippen LogP contribution in [0.25, 0.3) is 0 Å². The molecule has 246 valence electrons. The Morgan fingerprint density at radius 2 is 1.60 bits per heavy atom. The molecule has 0 heterocycles. The number of nitrogens with one attached hydrogen (secondary N) is 2. The van der Waals surface area contributed by atoms with E-state index in [1.165, 1.54) is 23.1 Å². The molecule has 3 amide bonds. The van der Waals surface area contributed by atoms with Crippen molar-refractivity contribution in [1.29, 1.82) is 0 Å². The molecule has 47 heavy (non-hydrogen) atoms. The predicted molar refractivity (Wildman–Crippen MR) is 178 cm³/mol. The third-order valence-electron chi connectivity index (χ3n) is 6.75. The van der Waals surface area contributed by atoms with Crippen molar-refractivity contribution in [3.05, 3.63) is 119 Å². The summed E-state index contributed by atoms with van der Waals surface area (Å²) in [5.74, 6) is -0.414. The minimum absolute atomic E-state index is 0.00154. The van der Waals surface area contributed by atoms with E-state index in [0.29, 0.717) is 22.0 Å². The number of phenols is 1. The quantitative estimate of drug-likeness (QED) is 0.144. The first kappa shape index (κ1) is 34.8. The number of anilines is 1. The zero-order valence-corrected chi connectivity index (χ0v) is 27.1. The maximum absolute atomic E-state index is 14.0. The molecule has 0 fully saturated rings. The van der Waals surface area contributed by atoms with Crippen LogP contribution in [0.4, 0.5) is 14.9 Å². The van der Waals surface area contributed by atoms with Crippen LogP contribution in [-0.2, 0) is 34.0 Å². The molecule has 0 aromatic heterocycles. The third kappa shape index (κ3) is 11.0. The van der Waals surface area contributed by atoms with Gasteiger partial charge in [0.25, 0.3) is 0 Å². The van der Waals surface area contributed by atoms with Crippen LogP contribution in [0, 0.1) is 5.82 Å². The van der Waals surface area contributed by atoms with Crippen LogP contribution in [-0.4, -0.2) is 28.6 Å². The molecule has 0 aliphatic carbocycles. The average molecular weight is 662 g/mol. The average Bonchev–Trinajstić information content (AvgIpc) is 3.02. The van der Waals surface area contributed by atoms with Gasteiger partial charge in [-0.15, -0.1) is 0 Å². The Morgan fingerprint density at radius 3 is 2.32 bits per heavy atom. The van der Waals surface area contributed by atoms with E-state index in [4.69, 9.17) is 21.1 Å². The Kier molecular flexibility index (Phi) is 11.8. The van der Waals surface area contributed by atoms with E-state index >= 15 is 0 Å². The number of ether oxygens (including phenoxy) is 2. The highest BCUT2D eigenvalue weighted by molar-refractivity contribution is 6.30. The van der Waals surface area contributed by atoms with Gasteiger partial charge in [0, 0.05) is 42.6 Å². The topological polar surface area (TPSA) is 117 Å². The van der Waals surface area contributed by atoms with E-state index in [1.807, 2.05) is 6.07 Å². The Balaban J connectivity index is 1.52. The summed E-state index contributed by atoms with van der Waals surface area (Å²) >= 11 is 6.36. The standard InChI is InChI=1S/C36H37ClFN3O6/c1-36(2,3)47-35(45)40-21-25-7-6-9-29(19-25)46-32-20-27(37)13-16-31(32)41(23-24-11-14-28(42)15-12-24)34(44)18-17-33(43)39-22-26-8-4-5-10-30(26)38/h4-16,19-20,42H,17-18,21-23H2,1-3H3,(H,39,43)(H,40,45). The number of aromatic hydroxyl groups is 1. The number of alkyl carbamates (subject to hydrolysis) is 1. The molecular formula is C36H37ClFN3O6. The first-order valence-corrected chi connectivity index (χ1v) is 15.4. The van der Waals surface area contributed by atoms with Gasteiger partial charge in [-0.25, -0.2) is 9.18 Å². The predicted octanol–water partition coefficient (Wildman–Crippen LogP) is 7.63. The number of amides is 3. The fourth-order valence-electron chi connectivity index (χ4n) is 4.50. The van der Waals surface area contributed by atoms with Gasteiger partial charge in [-0.2, -0.15) is 0 Å². The van der Waals surface area contributed by atoms with Crippen molar-refractivity contribution in [2.24, 2.45) is 0 Å². The van der Waals surface area contributed by atoms with E-state index in [0.717, 1.165) is 11.1 Å². The van der Waals surface area contributed by atoms with E-state index in [9.17, 15) is 23.9 Å². The van der Waals surface area contributed by atoms with E-state index in [2.05, 4.69) is 10.6 Å². The second-order valence-corrected chi connectivity index (χ2v) is 12.2. The first-order valence-electron chi connectivity index (χ1n) is 15.0. The largest absolute Gasteiger partial charge is 0.508 e. The normalized spacial score (nSPS) is 11.0. The number of carbonyl (C=O) groups excluding carboxylic acids is 3. The number of hydrogen-bond donors (Lipinski definition) is 3. The summed E-state index contributed by atoms with van der Waals surface area (Å²) in [6, 6.07) is 24.5. The van der Waals surface area contributed by atoms with Gasteiger partial charge in [-0.1, -0.05) is 54.1 Å². The lowest BCUT2D eigenvalue weighted by atomic mass is 10.1. The van der Waals surface area contributed by atoms with Crippen molar-refractivity contribution in [3.8, 4) is 17.2 Å². The number of carbonyl (C=O) groups is 3. The Bertz CT molecular complexity index is 1710. The van der Waals surface area contributed by atoms with Gasteiger partial charge >= 0.3 is 6.09 Å². The molecule has 0 saturated heterocycles. The van der Waals surface area contributed by atoms with Gasteiger partial charge in [0.15, 0.2) is 5.75 Å². The van der Waals surface area contributed by atoms with E-state index < -0.39 is 23.4 Å². The van der Waals surface area contributed by atoms with Crippen molar-refractivity contribution >= 4 is 35.2 Å². The fraction of sp³-hybridized carbons (Fsp3) is 0.250. The highest BCUT2D eigenvalue weighted by Gasteiger charge is 2.22. The fourth-order valence-corrected chi connectivity index (χ4v) is 4.66. The molecule has 9 nitrogen and oxygen atoms in total. The Labute approximate surface area is 278 Å². The van der Waals surface area contributed by atoms with Crippen molar-refractivity contribution in [2.45, 2.75) is 58.8 Å². The molecule has 0 bridgehead atoms. The minimum Gasteiger partial charge on any atom is -0.508 e. The molecule has 3 N–H and O–H groups in total. The van der Waals surface area contributed by atoms with Gasteiger partial charge in [0.2, 0.25) is 11.8 Å². The van der Waals surface area contributed by atoms with Gasteiger partial charge in [0.1, 0.15) is 22.9 Å². The van der Waals surface area contributed by atoms with Crippen LogP contribution >= 0.6 is 11.6 Å². The monoisotopic (exact) mass is 661 g/mol. The maximum atomic E-state index is 14.0. The van der Waals surface area contributed by atoms with E-state index in [-0.39, 0.29) is 49.9 Å². The summed E-state index contributed by atoms with van der Waals surface area (Å²) in [7, 11) is 0. The van der Waals surface area contributed by atoms with Crippen molar-refractivity contribution < 1.29 is 33.4 Å². The lowest BCUT2D eigenvalue weighted by Crippen LogP contribution is -2.32. The number of phenolic OH excluding ortho intramolecular Hbond substituents is 1. The molecular weight excluding hydrogens is 625 g/mol. The highest BCUT2D eigenvalue weighted by Crippen LogP contribution is 2.36. The van der Waals surface area contributed by atoms with Crippen molar-refractivity contribution in [3.63, 3.8) is 0 Å². The number of hydrogen-bond acceptors (Lipinski definition) is 6. The molecule has 0 aliphatic rings. The molecule has 0 unspecified atom stereocenters. The lowest BCUT2D eigenvalue weighted by Gasteiger charge is -2.26. The maximum Gasteiger partial charge on any atom is 0.407 e. The molecule has 0 spiro atoms. The van der Waals surface area contributed by atoms with Crippen LogP contribution in [0.1, 0.15) is 50.3 Å². The summed E-state index contributed by atoms with van der Waals surface area (Å²) < 4.78 is 25.5. The van der Waals surface area contributed by atoms with Crippen LogP contribution in [0.5, 0.6) is 17.2 Å². The summed E-state index contributed by atoms with van der Waals surface area (Å²) in [6.07, 6.45) is -0.824. The summed E-state index contributed by atoms with van der Waals surface area (Å²) in [6.45, 7) is 5.64. The molecule has 0 saturated carbocycles. The van der Waals surface area contributed by atoms with Crippen molar-refractivity contribution in [2.75, 3.05) is 4.90 Å². The lowest BCUT2D eigenvalue weighted by molar-refractivity contribution is -0.125. The Morgan fingerprint density at radius 1 is 0.851 bits per heavy atom. The van der Waals surface area contributed by atoms with Crippen molar-refractivity contribution in [1.82, 2.24) is 10.6 Å². The second-order valence-electron chi connectivity index (χ2n) is 11.7. The third-order valence-corrected chi connectivity index (χ3v) is 6.99. The summed E-state index contributed by atoms with van der Waals surface area (Å²) in [4.78, 5) is 40.0. The van der Waals surface area contributed by atoms with Gasteiger partial charge in [0.05, 0.1) is 12.2 Å². The molecule has 0 atom stereocenters. The van der Waals surface area contributed by atoms with Crippen LogP contribution < -0.4 is 20.3 Å². The molecule has 4 aromatic carbocycles.